The second-order valence-electron chi connectivity index (χ2n) is 5.90. The van der Waals surface area contributed by atoms with E-state index in [0.29, 0.717) is 10.3 Å². The zero-order valence-corrected chi connectivity index (χ0v) is 14.5. The Kier molecular flexibility index (Phi) is 4.98. The number of aryl methyl sites for hydroxylation is 1. The van der Waals surface area contributed by atoms with Crippen molar-refractivity contribution in [2.75, 3.05) is 6.54 Å². The van der Waals surface area contributed by atoms with Crippen LogP contribution in [0.2, 0.25) is 0 Å². The van der Waals surface area contributed by atoms with E-state index >= 15 is 0 Å². The molecule has 0 aliphatic heterocycles. The lowest BCUT2D eigenvalue weighted by atomic mass is 10.2. The number of amides is 1. The quantitative estimate of drug-likeness (QED) is 0.737. The van der Waals surface area contributed by atoms with Gasteiger partial charge in [-0.05, 0) is 32.0 Å². The number of hydrogen-bond acceptors (Lipinski definition) is 5. The van der Waals surface area contributed by atoms with Gasteiger partial charge in [-0.25, -0.2) is 9.50 Å². The summed E-state index contributed by atoms with van der Waals surface area (Å²) in [5.74, 6) is -0.0415. The van der Waals surface area contributed by atoms with Crippen molar-refractivity contribution in [2.45, 2.75) is 26.1 Å². The molecular weight excluding hydrogens is 363 g/mol. The number of carbonyl (C=O) groups excluding carboxylic acids is 1. The highest BCUT2D eigenvalue weighted by atomic mass is 19.4. The maximum atomic E-state index is 13.2. The monoisotopic (exact) mass is 379 g/mol. The van der Waals surface area contributed by atoms with Crippen LogP contribution in [-0.2, 0) is 6.18 Å². The van der Waals surface area contributed by atoms with Gasteiger partial charge >= 0.3 is 6.18 Å². The van der Waals surface area contributed by atoms with Crippen molar-refractivity contribution in [1.82, 2.24) is 24.9 Å². The van der Waals surface area contributed by atoms with E-state index in [0.717, 1.165) is 12.3 Å². The molecule has 0 fully saturated rings. The summed E-state index contributed by atoms with van der Waals surface area (Å²) in [7, 11) is 0. The molecule has 10 heteroatoms. The third-order valence-electron chi connectivity index (χ3n) is 3.66. The number of ether oxygens (including phenoxy) is 1. The average molecular weight is 379 g/mol. The lowest BCUT2D eigenvalue weighted by Crippen LogP contribution is -2.33. The van der Waals surface area contributed by atoms with E-state index in [4.69, 9.17) is 4.74 Å². The Balaban J connectivity index is 1.75. The van der Waals surface area contributed by atoms with Gasteiger partial charge in [0.05, 0.1) is 18.9 Å². The minimum atomic E-state index is -4.61. The number of aromatic nitrogens is 4. The number of hydrogen-bond donors (Lipinski definition) is 1. The molecule has 0 spiro atoms. The van der Waals surface area contributed by atoms with Crippen LogP contribution < -0.4 is 10.1 Å². The third kappa shape index (κ3) is 4.15. The van der Waals surface area contributed by atoms with Gasteiger partial charge in [0.1, 0.15) is 23.1 Å². The molecule has 0 radical (unpaired) electrons. The Morgan fingerprint density at radius 3 is 2.81 bits per heavy atom. The van der Waals surface area contributed by atoms with Gasteiger partial charge in [-0.3, -0.25) is 9.78 Å². The fourth-order valence-electron chi connectivity index (χ4n) is 2.47. The van der Waals surface area contributed by atoms with Crippen molar-refractivity contribution in [2.24, 2.45) is 0 Å². The van der Waals surface area contributed by atoms with Crippen LogP contribution in [0.4, 0.5) is 13.2 Å². The SMILES string of the molecule is Cc1cc(C(F)(F)F)n2ncc(C(=O)NC[C@H](C)Oc3cccnc3)c2n1. The van der Waals surface area contributed by atoms with Gasteiger partial charge in [-0.15, -0.1) is 0 Å². The van der Waals surface area contributed by atoms with E-state index in [1.807, 2.05) is 0 Å². The summed E-state index contributed by atoms with van der Waals surface area (Å²) < 4.78 is 45.7. The first-order valence-corrected chi connectivity index (χ1v) is 8.03. The molecule has 7 nitrogen and oxygen atoms in total. The first-order chi connectivity index (χ1) is 12.8. The molecule has 3 heterocycles. The van der Waals surface area contributed by atoms with Crippen LogP contribution in [0.3, 0.4) is 0 Å². The van der Waals surface area contributed by atoms with Gasteiger partial charge < -0.3 is 10.1 Å². The lowest BCUT2D eigenvalue weighted by Gasteiger charge is -2.15. The Hall–Kier alpha value is -3.17. The van der Waals surface area contributed by atoms with E-state index in [1.54, 1.807) is 25.3 Å². The molecule has 3 rings (SSSR count). The molecule has 0 aromatic carbocycles. The molecule has 0 unspecified atom stereocenters. The van der Waals surface area contributed by atoms with Crippen molar-refractivity contribution < 1.29 is 22.7 Å². The highest BCUT2D eigenvalue weighted by Crippen LogP contribution is 2.30. The molecule has 0 bridgehead atoms. The van der Waals surface area contributed by atoms with E-state index in [-0.39, 0.29) is 29.6 Å². The van der Waals surface area contributed by atoms with Crippen molar-refractivity contribution >= 4 is 11.6 Å². The van der Waals surface area contributed by atoms with Crippen molar-refractivity contribution in [3.05, 3.63) is 53.7 Å². The van der Waals surface area contributed by atoms with Crippen molar-refractivity contribution in [1.29, 1.82) is 0 Å². The summed E-state index contributed by atoms with van der Waals surface area (Å²) in [5.41, 5.74) is -1.05. The Morgan fingerprint density at radius 1 is 1.37 bits per heavy atom. The summed E-state index contributed by atoms with van der Waals surface area (Å²) in [6.45, 7) is 3.31. The van der Waals surface area contributed by atoms with Crippen LogP contribution in [0.25, 0.3) is 5.65 Å². The van der Waals surface area contributed by atoms with Gasteiger partial charge in [0, 0.05) is 11.9 Å². The molecule has 0 saturated carbocycles. The highest BCUT2D eigenvalue weighted by Gasteiger charge is 2.35. The fraction of sp³-hybridized carbons (Fsp3) is 0.294. The number of halogens is 3. The normalized spacial score (nSPS) is 12.8. The molecule has 0 aliphatic carbocycles. The zero-order valence-electron chi connectivity index (χ0n) is 14.5. The average Bonchev–Trinajstić information content (AvgIpc) is 3.02. The number of nitrogens with one attached hydrogen (secondary N) is 1. The molecule has 1 atom stereocenters. The molecule has 3 aromatic rings. The molecule has 0 saturated heterocycles. The number of rotatable bonds is 5. The Morgan fingerprint density at radius 2 is 2.15 bits per heavy atom. The van der Waals surface area contributed by atoms with Crippen LogP contribution in [0.1, 0.15) is 28.7 Å². The maximum absolute atomic E-state index is 13.2. The van der Waals surface area contributed by atoms with E-state index < -0.39 is 17.8 Å². The van der Waals surface area contributed by atoms with Gasteiger partial charge in [0.25, 0.3) is 5.91 Å². The number of carbonyl (C=O) groups is 1. The summed E-state index contributed by atoms with van der Waals surface area (Å²) in [6.07, 6.45) is -0.777. The van der Waals surface area contributed by atoms with Crippen LogP contribution >= 0.6 is 0 Å². The smallest absolute Gasteiger partial charge is 0.433 e. The molecule has 27 heavy (non-hydrogen) atoms. The topological polar surface area (TPSA) is 81.4 Å². The summed E-state index contributed by atoms with van der Waals surface area (Å²) in [6, 6.07) is 4.32. The number of alkyl halides is 3. The Bertz CT molecular complexity index is 956. The van der Waals surface area contributed by atoms with Crippen LogP contribution in [0.5, 0.6) is 5.75 Å². The summed E-state index contributed by atoms with van der Waals surface area (Å²) >= 11 is 0. The van der Waals surface area contributed by atoms with Crippen molar-refractivity contribution in [3.63, 3.8) is 0 Å². The van der Waals surface area contributed by atoms with Gasteiger partial charge in [-0.1, -0.05) is 0 Å². The summed E-state index contributed by atoms with van der Waals surface area (Å²) in [5, 5.41) is 6.29. The standard InChI is InChI=1S/C17H16F3N5O2/c1-10-6-14(17(18,19)20)25-15(24-10)13(9-23-25)16(26)22-7-11(2)27-12-4-3-5-21-8-12/h3-6,8-9,11H,7H2,1-2H3,(H,22,26)/t11-/m0/s1. The Labute approximate surface area is 152 Å². The largest absolute Gasteiger partial charge is 0.487 e. The second-order valence-corrected chi connectivity index (χ2v) is 5.90. The zero-order chi connectivity index (χ0) is 19.6. The van der Waals surface area contributed by atoms with E-state index in [2.05, 4.69) is 20.4 Å². The predicted molar refractivity (Wildman–Crippen MR) is 89.4 cm³/mol. The number of nitrogens with zero attached hydrogens (tertiary/aromatic N) is 4. The third-order valence-corrected chi connectivity index (χ3v) is 3.66. The van der Waals surface area contributed by atoms with Crippen LogP contribution in [0.15, 0.2) is 36.8 Å². The fourth-order valence-corrected chi connectivity index (χ4v) is 2.47. The highest BCUT2D eigenvalue weighted by molar-refractivity contribution is 5.99. The van der Waals surface area contributed by atoms with E-state index in [9.17, 15) is 18.0 Å². The van der Waals surface area contributed by atoms with E-state index in [1.165, 1.54) is 13.1 Å². The lowest BCUT2D eigenvalue weighted by molar-refractivity contribution is -0.142. The first-order valence-electron chi connectivity index (χ1n) is 8.03. The molecule has 142 valence electrons. The molecular formula is C17H16F3N5O2. The first kappa shape index (κ1) is 18.6. The molecule has 0 aliphatic rings. The van der Waals surface area contributed by atoms with Crippen molar-refractivity contribution in [3.8, 4) is 5.75 Å². The van der Waals surface area contributed by atoms with Crippen LogP contribution in [0, 0.1) is 6.92 Å². The number of fused-ring (bicyclic) bond motifs is 1. The van der Waals surface area contributed by atoms with Crippen LogP contribution in [-0.4, -0.2) is 38.1 Å². The minimum absolute atomic E-state index is 0.0437. The van der Waals surface area contributed by atoms with Gasteiger partial charge in [0.2, 0.25) is 0 Å². The maximum Gasteiger partial charge on any atom is 0.433 e. The summed E-state index contributed by atoms with van der Waals surface area (Å²) in [4.78, 5) is 20.3. The minimum Gasteiger partial charge on any atom is -0.487 e. The van der Waals surface area contributed by atoms with Gasteiger partial charge in [0.15, 0.2) is 5.65 Å². The molecule has 1 amide bonds. The molecule has 1 N–H and O–H groups in total. The predicted octanol–water partition coefficient (Wildman–Crippen LogP) is 2.65. The molecule has 3 aromatic heterocycles. The van der Waals surface area contributed by atoms with Gasteiger partial charge in [-0.2, -0.15) is 18.3 Å². The second kappa shape index (κ2) is 7.22. The number of pyridine rings is 1.